The summed E-state index contributed by atoms with van der Waals surface area (Å²) in [5.74, 6) is -0.194. The van der Waals surface area contributed by atoms with E-state index >= 15 is 0 Å². The molecule has 0 amide bonds. The van der Waals surface area contributed by atoms with Gasteiger partial charge in [0.05, 0.1) is 0 Å². The Bertz CT molecular complexity index is 1410. The van der Waals surface area contributed by atoms with Gasteiger partial charge in [0.15, 0.2) is 11.6 Å². The van der Waals surface area contributed by atoms with Gasteiger partial charge in [-0.25, -0.2) is 0 Å². The van der Waals surface area contributed by atoms with Crippen LogP contribution >= 0.6 is 0 Å². The number of hydrogen-bond donors (Lipinski definition) is 1. The average molecular weight is 520 g/mol. The highest BCUT2D eigenvalue weighted by atomic mass is 32.2. The summed E-state index contributed by atoms with van der Waals surface area (Å²) in [7, 11) is -3.99. The second-order valence-electron chi connectivity index (χ2n) is 12.1. The van der Waals surface area contributed by atoms with Gasteiger partial charge in [-0.3, -0.25) is 9.59 Å². The summed E-state index contributed by atoms with van der Waals surface area (Å²) in [6.45, 7) is 10.2. The molecule has 0 unspecified atom stereocenters. The molecule has 0 atom stereocenters. The number of carbonyl (C=O) groups excluding carboxylic acids is 2. The van der Waals surface area contributed by atoms with Crippen LogP contribution in [0.1, 0.15) is 70.4 Å². The van der Waals surface area contributed by atoms with Crippen molar-refractivity contribution in [3.05, 3.63) is 82.2 Å². The summed E-state index contributed by atoms with van der Waals surface area (Å²) >= 11 is 0. The Morgan fingerprint density at radius 3 is 1.73 bits per heavy atom. The summed E-state index contributed by atoms with van der Waals surface area (Å²) in [4.78, 5) is 27.0. The molecule has 0 saturated heterocycles. The molecule has 2 aliphatic carbocycles. The summed E-state index contributed by atoms with van der Waals surface area (Å²) in [6.07, 6.45) is 2.29. The van der Waals surface area contributed by atoms with Gasteiger partial charge in [-0.05, 0) is 60.4 Å². The molecule has 7 heteroatoms. The predicted octanol–water partition coefficient (Wildman–Crippen LogP) is 5.74. The SMILES string of the molecule is Cc1ccc(S(=O)(=O)Oc2ccc(C3C4=C(CC(C)(C)CC4=O)NC4=C3C(=O)CC(C)(C)C4)cc2)cc1. The molecule has 6 nitrogen and oxygen atoms in total. The minimum Gasteiger partial charge on any atom is -0.379 e. The topological polar surface area (TPSA) is 89.5 Å². The van der Waals surface area contributed by atoms with E-state index in [1.54, 1.807) is 36.4 Å². The molecule has 2 aromatic rings. The molecule has 0 fully saturated rings. The van der Waals surface area contributed by atoms with E-state index in [1.165, 1.54) is 12.1 Å². The fourth-order valence-corrected chi connectivity index (χ4v) is 6.75. The molecule has 0 bridgehead atoms. The lowest BCUT2D eigenvalue weighted by Gasteiger charge is -2.44. The highest BCUT2D eigenvalue weighted by Gasteiger charge is 2.46. The Morgan fingerprint density at radius 2 is 1.24 bits per heavy atom. The molecule has 0 saturated carbocycles. The van der Waals surface area contributed by atoms with Crippen molar-refractivity contribution in [1.29, 1.82) is 0 Å². The van der Waals surface area contributed by atoms with Crippen LogP contribution in [0, 0.1) is 17.8 Å². The van der Waals surface area contributed by atoms with E-state index in [-0.39, 0.29) is 33.0 Å². The van der Waals surface area contributed by atoms with Crippen LogP contribution in [0.2, 0.25) is 0 Å². The Kier molecular flexibility index (Phi) is 5.98. The van der Waals surface area contributed by atoms with Gasteiger partial charge in [0.25, 0.3) is 0 Å². The quantitative estimate of drug-likeness (QED) is 0.519. The third kappa shape index (κ3) is 4.89. The molecule has 3 aliphatic rings. The Labute approximate surface area is 218 Å². The molecule has 1 heterocycles. The van der Waals surface area contributed by atoms with Crippen molar-refractivity contribution in [2.75, 3.05) is 0 Å². The van der Waals surface area contributed by atoms with Crippen LogP contribution in [0.15, 0.2) is 76.0 Å². The second-order valence-corrected chi connectivity index (χ2v) is 13.7. The highest BCUT2D eigenvalue weighted by Crippen LogP contribution is 2.51. The first-order chi connectivity index (χ1) is 17.2. The number of dihydropyridines is 1. The van der Waals surface area contributed by atoms with E-state index in [0.29, 0.717) is 24.0 Å². The molecule has 1 aliphatic heterocycles. The van der Waals surface area contributed by atoms with E-state index in [0.717, 1.165) is 35.4 Å². The summed E-state index contributed by atoms with van der Waals surface area (Å²) in [6, 6.07) is 13.2. The zero-order valence-corrected chi connectivity index (χ0v) is 22.8. The minimum atomic E-state index is -3.99. The van der Waals surface area contributed by atoms with Crippen LogP contribution in [-0.2, 0) is 19.7 Å². The van der Waals surface area contributed by atoms with Crippen LogP contribution in [-0.4, -0.2) is 20.0 Å². The van der Waals surface area contributed by atoms with Crippen LogP contribution in [0.4, 0.5) is 0 Å². The first-order valence-electron chi connectivity index (χ1n) is 12.7. The fourth-order valence-electron chi connectivity index (χ4n) is 5.82. The minimum absolute atomic E-state index is 0.0511. The molecule has 2 aromatic carbocycles. The second kappa shape index (κ2) is 8.69. The zero-order chi connectivity index (χ0) is 26.8. The highest BCUT2D eigenvalue weighted by molar-refractivity contribution is 7.87. The molecule has 1 N–H and O–H groups in total. The van der Waals surface area contributed by atoms with Crippen molar-refractivity contribution in [1.82, 2.24) is 5.32 Å². The van der Waals surface area contributed by atoms with Crippen LogP contribution in [0.3, 0.4) is 0 Å². The number of allylic oxidation sites excluding steroid dienone is 4. The number of benzene rings is 2. The van der Waals surface area contributed by atoms with Crippen LogP contribution < -0.4 is 9.50 Å². The summed E-state index contributed by atoms with van der Waals surface area (Å²) in [5, 5.41) is 3.51. The van der Waals surface area contributed by atoms with Gasteiger partial charge in [0, 0.05) is 41.3 Å². The largest absolute Gasteiger partial charge is 0.379 e. The number of rotatable bonds is 4. The molecule has 194 valence electrons. The predicted molar refractivity (Wildman–Crippen MR) is 141 cm³/mol. The van der Waals surface area contributed by atoms with Gasteiger partial charge in [-0.2, -0.15) is 8.42 Å². The number of Topliss-reactive ketones (excluding diaryl/α,β-unsaturated/α-hetero) is 2. The first kappa shape index (κ1) is 25.5. The number of hydrogen-bond acceptors (Lipinski definition) is 6. The van der Waals surface area contributed by atoms with E-state index in [2.05, 4.69) is 33.0 Å². The molecule has 0 spiro atoms. The van der Waals surface area contributed by atoms with E-state index in [1.807, 2.05) is 6.92 Å². The molecule has 0 aromatic heterocycles. The average Bonchev–Trinajstić information content (AvgIpc) is 2.76. The Hall–Kier alpha value is -3.19. The van der Waals surface area contributed by atoms with Crippen LogP contribution in [0.5, 0.6) is 5.75 Å². The van der Waals surface area contributed by atoms with Gasteiger partial charge < -0.3 is 9.50 Å². The summed E-state index contributed by atoms with van der Waals surface area (Å²) < 4.78 is 30.9. The lowest BCUT2D eigenvalue weighted by molar-refractivity contribution is -0.119. The maximum absolute atomic E-state index is 13.4. The van der Waals surface area contributed by atoms with Gasteiger partial charge >= 0.3 is 10.1 Å². The van der Waals surface area contributed by atoms with Crippen molar-refractivity contribution in [3.63, 3.8) is 0 Å². The van der Waals surface area contributed by atoms with Gasteiger partial charge in [-0.1, -0.05) is 57.5 Å². The van der Waals surface area contributed by atoms with Gasteiger partial charge in [0.1, 0.15) is 10.6 Å². The van der Waals surface area contributed by atoms with Crippen molar-refractivity contribution in [3.8, 4) is 5.75 Å². The molecule has 0 radical (unpaired) electrons. The third-order valence-corrected chi connectivity index (χ3v) is 8.71. The van der Waals surface area contributed by atoms with Crippen LogP contribution in [0.25, 0.3) is 0 Å². The maximum atomic E-state index is 13.4. The van der Waals surface area contributed by atoms with Crippen molar-refractivity contribution in [2.24, 2.45) is 10.8 Å². The standard InChI is InChI=1S/C30H33NO5S/c1-18-6-12-21(13-7-18)37(34,35)36-20-10-8-19(9-11-20)26-27-22(14-29(2,3)16-24(27)32)31-23-15-30(4,5)17-25(33)28(23)26/h6-13,26,31H,14-17H2,1-5H3. The summed E-state index contributed by atoms with van der Waals surface area (Å²) in [5.41, 5.74) is 4.52. The molecule has 5 rings (SSSR count). The van der Waals surface area contributed by atoms with Crippen molar-refractivity contribution in [2.45, 2.75) is 71.1 Å². The molecule has 37 heavy (non-hydrogen) atoms. The molecular weight excluding hydrogens is 486 g/mol. The Balaban J connectivity index is 1.53. The third-order valence-electron chi connectivity index (χ3n) is 7.45. The normalized spacial score (nSPS) is 21.3. The maximum Gasteiger partial charge on any atom is 0.339 e. The Morgan fingerprint density at radius 1 is 0.757 bits per heavy atom. The number of carbonyl (C=O) groups is 2. The number of ketones is 2. The van der Waals surface area contributed by atoms with E-state index in [9.17, 15) is 18.0 Å². The van der Waals surface area contributed by atoms with Gasteiger partial charge in [0.2, 0.25) is 0 Å². The first-order valence-corrected chi connectivity index (χ1v) is 14.1. The number of aryl methyl sites for hydroxylation is 1. The fraction of sp³-hybridized carbons (Fsp3) is 0.400. The smallest absolute Gasteiger partial charge is 0.339 e. The molecular formula is C30H33NO5S. The number of nitrogens with one attached hydrogen (secondary N) is 1. The van der Waals surface area contributed by atoms with E-state index in [4.69, 9.17) is 4.18 Å². The monoisotopic (exact) mass is 519 g/mol. The van der Waals surface area contributed by atoms with Crippen molar-refractivity contribution < 1.29 is 22.2 Å². The van der Waals surface area contributed by atoms with Gasteiger partial charge in [-0.15, -0.1) is 0 Å². The lowest BCUT2D eigenvalue weighted by atomic mass is 9.64. The van der Waals surface area contributed by atoms with E-state index < -0.39 is 16.0 Å². The van der Waals surface area contributed by atoms with Crippen molar-refractivity contribution >= 4 is 21.7 Å². The zero-order valence-electron chi connectivity index (χ0n) is 22.0. The lowest BCUT2D eigenvalue weighted by Crippen LogP contribution is -2.42.